The Morgan fingerprint density at radius 3 is 2.60 bits per heavy atom. The topological polar surface area (TPSA) is 69.1 Å². The third-order valence-electron chi connectivity index (χ3n) is 4.00. The molecule has 0 bridgehead atoms. The highest BCUT2D eigenvalue weighted by Gasteiger charge is 2.15. The minimum absolute atomic E-state index is 0.293. The van der Waals surface area contributed by atoms with Crippen LogP contribution in [0.15, 0.2) is 65.9 Å². The van der Waals surface area contributed by atoms with E-state index in [0.29, 0.717) is 17.2 Å². The normalized spacial score (nSPS) is 10.9. The third kappa shape index (κ3) is 2.53. The number of fused-ring (bicyclic) bond motifs is 1. The molecule has 6 heteroatoms. The summed E-state index contributed by atoms with van der Waals surface area (Å²) in [5.41, 5.74) is 10.4. The molecule has 0 saturated carbocycles. The molecule has 2 aromatic carbocycles. The largest absolute Gasteiger partial charge is 0.397 e. The van der Waals surface area contributed by atoms with Crippen LogP contribution >= 0.6 is 0 Å². The zero-order chi connectivity index (χ0) is 17.4. The van der Waals surface area contributed by atoms with Gasteiger partial charge < -0.3 is 5.73 Å². The molecular formula is C19H14FN5. The Labute approximate surface area is 143 Å². The van der Waals surface area contributed by atoms with Gasteiger partial charge in [0, 0.05) is 17.4 Å². The highest BCUT2D eigenvalue weighted by molar-refractivity contribution is 5.84. The average molecular weight is 331 g/mol. The van der Waals surface area contributed by atoms with Crippen molar-refractivity contribution in [3.05, 3.63) is 66.7 Å². The summed E-state index contributed by atoms with van der Waals surface area (Å²) in [6, 6.07) is 13.6. The number of imidazole rings is 1. The molecule has 0 fully saturated rings. The molecule has 4 rings (SSSR count). The number of benzene rings is 2. The van der Waals surface area contributed by atoms with E-state index in [-0.39, 0.29) is 5.82 Å². The SMILES string of the molecule is C=Nc1ccc(-c2nc3ccncc3n2-c2ccc(F)cc2)cc1N. The fraction of sp³-hybridized carbons (Fsp3) is 0. The Bertz CT molecular complexity index is 1080. The van der Waals surface area contributed by atoms with Gasteiger partial charge >= 0.3 is 0 Å². The molecular weight excluding hydrogens is 317 g/mol. The second kappa shape index (κ2) is 5.83. The van der Waals surface area contributed by atoms with Gasteiger partial charge in [0.05, 0.1) is 28.6 Å². The van der Waals surface area contributed by atoms with Crippen LogP contribution in [0, 0.1) is 5.82 Å². The molecule has 2 heterocycles. The number of anilines is 1. The van der Waals surface area contributed by atoms with Gasteiger partial charge in [-0.3, -0.25) is 14.5 Å². The Morgan fingerprint density at radius 2 is 1.88 bits per heavy atom. The van der Waals surface area contributed by atoms with Gasteiger partial charge in [0.15, 0.2) is 0 Å². The number of nitrogens with two attached hydrogens (primary N) is 1. The van der Waals surface area contributed by atoms with Crippen LogP contribution in [0.4, 0.5) is 15.8 Å². The van der Waals surface area contributed by atoms with Crippen LogP contribution in [0.5, 0.6) is 0 Å². The van der Waals surface area contributed by atoms with E-state index in [9.17, 15) is 4.39 Å². The summed E-state index contributed by atoms with van der Waals surface area (Å²) in [6.07, 6.45) is 3.42. The van der Waals surface area contributed by atoms with Crippen LogP contribution in [0.2, 0.25) is 0 Å². The van der Waals surface area contributed by atoms with Crippen molar-refractivity contribution in [1.82, 2.24) is 14.5 Å². The summed E-state index contributed by atoms with van der Waals surface area (Å²) in [7, 11) is 0. The number of pyridine rings is 1. The molecule has 2 aromatic heterocycles. The molecule has 4 aromatic rings. The first-order chi connectivity index (χ1) is 12.2. The Morgan fingerprint density at radius 1 is 1.08 bits per heavy atom. The maximum atomic E-state index is 13.3. The molecule has 0 amide bonds. The lowest BCUT2D eigenvalue weighted by Gasteiger charge is -2.10. The van der Waals surface area contributed by atoms with E-state index in [1.54, 1.807) is 36.7 Å². The highest BCUT2D eigenvalue weighted by atomic mass is 19.1. The number of hydrogen-bond acceptors (Lipinski definition) is 4. The number of aromatic nitrogens is 3. The molecule has 0 radical (unpaired) electrons. The summed E-state index contributed by atoms with van der Waals surface area (Å²) in [6.45, 7) is 3.51. The predicted molar refractivity (Wildman–Crippen MR) is 97.9 cm³/mol. The summed E-state index contributed by atoms with van der Waals surface area (Å²) >= 11 is 0. The monoisotopic (exact) mass is 331 g/mol. The fourth-order valence-corrected chi connectivity index (χ4v) is 2.81. The van der Waals surface area contributed by atoms with E-state index in [1.807, 2.05) is 16.7 Å². The van der Waals surface area contributed by atoms with E-state index in [0.717, 1.165) is 22.3 Å². The van der Waals surface area contributed by atoms with Crippen LogP contribution in [-0.4, -0.2) is 21.3 Å². The van der Waals surface area contributed by atoms with Gasteiger partial charge in [-0.05, 0) is 55.2 Å². The molecule has 0 aliphatic rings. The third-order valence-corrected chi connectivity index (χ3v) is 4.00. The van der Waals surface area contributed by atoms with E-state index in [1.165, 1.54) is 12.1 Å². The van der Waals surface area contributed by atoms with E-state index in [2.05, 4.69) is 16.7 Å². The zero-order valence-corrected chi connectivity index (χ0v) is 13.2. The van der Waals surface area contributed by atoms with Crippen molar-refractivity contribution < 1.29 is 4.39 Å². The van der Waals surface area contributed by atoms with Crippen molar-refractivity contribution in [2.45, 2.75) is 0 Å². The minimum Gasteiger partial charge on any atom is -0.397 e. The number of halogens is 1. The molecule has 0 aliphatic carbocycles. The number of nitrogen functional groups attached to an aromatic ring is 1. The van der Waals surface area contributed by atoms with Gasteiger partial charge in [0.25, 0.3) is 0 Å². The minimum atomic E-state index is -0.293. The Hall–Kier alpha value is -3.54. The first-order valence-corrected chi connectivity index (χ1v) is 7.62. The number of rotatable bonds is 3. The number of aliphatic imine (C=N–C) groups is 1. The molecule has 0 atom stereocenters. The number of nitrogens with zero attached hydrogens (tertiary/aromatic N) is 4. The molecule has 0 saturated heterocycles. The standard InChI is InChI=1S/C19H14FN5/c1-22-16-7-2-12(10-15(16)21)19-24-17-8-9-23-11-18(17)25(19)14-5-3-13(20)4-6-14/h2-11H,1,21H2. The molecule has 0 unspecified atom stereocenters. The highest BCUT2D eigenvalue weighted by Crippen LogP contribution is 2.32. The van der Waals surface area contributed by atoms with Gasteiger partial charge in [-0.15, -0.1) is 0 Å². The molecule has 5 nitrogen and oxygen atoms in total. The molecule has 0 spiro atoms. The second-order valence-electron chi connectivity index (χ2n) is 5.54. The summed E-state index contributed by atoms with van der Waals surface area (Å²) in [4.78, 5) is 12.8. The van der Waals surface area contributed by atoms with Crippen molar-refractivity contribution in [1.29, 1.82) is 0 Å². The summed E-state index contributed by atoms with van der Waals surface area (Å²) in [5.74, 6) is 0.399. The first kappa shape index (κ1) is 15.0. The zero-order valence-electron chi connectivity index (χ0n) is 13.2. The van der Waals surface area contributed by atoms with Crippen molar-refractivity contribution >= 4 is 29.1 Å². The molecule has 25 heavy (non-hydrogen) atoms. The molecule has 2 N–H and O–H groups in total. The lowest BCUT2D eigenvalue weighted by molar-refractivity contribution is 0.627. The van der Waals surface area contributed by atoms with E-state index in [4.69, 9.17) is 10.7 Å². The number of hydrogen-bond donors (Lipinski definition) is 1. The van der Waals surface area contributed by atoms with Gasteiger partial charge in [0.2, 0.25) is 0 Å². The van der Waals surface area contributed by atoms with Crippen LogP contribution in [0.1, 0.15) is 0 Å². The Balaban J connectivity index is 2.00. The fourth-order valence-electron chi connectivity index (χ4n) is 2.81. The summed E-state index contributed by atoms with van der Waals surface area (Å²) < 4.78 is 15.3. The van der Waals surface area contributed by atoms with Crippen LogP contribution in [0.3, 0.4) is 0 Å². The summed E-state index contributed by atoms with van der Waals surface area (Å²) in [5, 5.41) is 0. The maximum absolute atomic E-state index is 13.3. The maximum Gasteiger partial charge on any atom is 0.145 e. The van der Waals surface area contributed by atoms with Crippen LogP contribution in [-0.2, 0) is 0 Å². The molecule has 0 aliphatic heterocycles. The lowest BCUT2D eigenvalue weighted by atomic mass is 10.1. The smallest absolute Gasteiger partial charge is 0.145 e. The van der Waals surface area contributed by atoms with Gasteiger partial charge in [-0.1, -0.05) is 0 Å². The van der Waals surface area contributed by atoms with Crippen LogP contribution < -0.4 is 5.73 Å². The van der Waals surface area contributed by atoms with Gasteiger partial charge in [0.1, 0.15) is 11.6 Å². The van der Waals surface area contributed by atoms with E-state index < -0.39 is 0 Å². The van der Waals surface area contributed by atoms with Crippen molar-refractivity contribution in [2.75, 3.05) is 5.73 Å². The first-order valence-electron chi connectivity index (χ1n) is 7.62. The predicted octanol–water partition coefficient (Wildman–Crippen LogP) is 4.14. The quantitative estimate of drug-likeness (QED) is 0.453. The molecule has 122 valence electrons. The van der Waals surface area contributed by atoms with Gasteiger partial charge in [-0.2, -0.15) is 0 Å². The van der Waals surface area contributed by atoms with Crippen molar-refractivity contribution in [2.24, 2.45) is 4.99 Å². The lowest BCUT2D eigenvalue weighted by Crippen LogP contribution is -1.98. The Kier molecular flexibility index (Phi) is 3.50. The van der Waals surface area contributed by atoms with Crippen LogP contribution in [0.25, 0.3) is 28.1 Å². The van der Waals surface area contributed by atoms with Crippen molar-refractivity contribution in [3.8, 4) is 17.1 Å². The van der Waals surface area contributed by atoms with E-state index >= 15 is 0 Å². The van der Waals surface area contributed by atoms with Gasteiger partial charge in [-0.25, -0.2) is 9.37 Å². The van der Waals surface area contributed by atoms with Crippen molar-refractivity contribution in [3.63, 3.8) is 0 Å². The average Bonchev–Trinajstić information content (AvgIpc) is 3.02. The second-order valence-corrected chi connectivity index (χ2v) is 5.54.